The van der Waals surface area contributed by atoms with Gasteiger partial charge in [-0.15, -0.1) is 0 Å². The summed E-state index contributed by atoms with van der Waals surface area (Å²) < 4.78 is 98.3. The van der Waals surface area contributed by atoms with Crippen LogP contribution in [0.15, 0.2) is 99.9 Å². The highest BCUT2D eigenvalue weighted by atomic mass is 79.9. The summed E-state index contributed by atoms with van der Waals surface area (Å²) in [5.41, 5.74) is 4.81. The molecule has 5 rings (SSSR count). The van der Waals surface area contributed by atoms with Gasteiger partial charge in [-0.05, 0) is 54.1 Å². The molecule has 0 unspecified atom stereocenters. The first-order chi connectivity index (χ1) is 24.8. The maximum atomic E-state index is 14.5. The molecule has 0 radical (unpaired) electrons. The van der Waals surface area contributed by atoms with Crippen molar-refractivity contribution in [1.82, 2.24) is 14.9 Å². The molecular formula is C37H32Br2F6N4O3. The molecule has 1 aromatic heterocycles. The van der Waals surface area contributed by atoms with Crippen molar-refractivity contribution in [2.75, 3.05) is 39.5 Å². The largest absolute Gasteiger partial charge is 0.417 e. The molecule has 0 aliphatic carbocycles. The Morgan fingerprint density at radius 2 is 1.35 bits per heavy atom. The monoisotopic (exact) mass is 852 g/mol. The number of nitrogens with one attached hydrogen (secondary N) is 1. The summed E-state index contributed by atoms with van der Waals surface area (Å²) in [5.74, 6) is -0.544. The average molecular weight is 854 g/mol. The number of amides is 1. The molecule has 4 aromatic carbocycles. The third kappa shape index (κ3) is 9.89. The number of aromatic nitrogens is 2. The lowest BCUT2D eigenvalue weighted by molar-refractivity contribution is -0.142. The Morgan fingerprint density at radius 3 is 1.92 bits per heavy atom. The van der Waals surface area contributed by atoms with Crippen LogP contribution in [-0.2, 0) is 28.4 Å². The van der Waals surface area contributed by atoms with Crippen molar-refractivity contribution in [1.29, 1.82) is 0 Å². The molecule has 7 nitrogen and oxygen atoms in total. The van der Waals surface area contributed by atoms with Gasteiger partial charge in [0.15, 0.2) is 0 Å². The first-order valence-corrected chi connectivity index (χ1v) is 17.5. The lowest BCUT2D eigenvalue weighted by Gasteiger charge is -2.18. The standard InChI is InChI=1S/C37H32Br2F6N4O3/c38-28-10-5-24(6-11-28)32-33(25-7-12-29(39)13-8-25)49(34(48-32)30-14-9-27(36(40,41)42)21-31(30)37(43,44)45)22-23-1-3-26(4-2-23)35(50)47-16-18-52-20-19-51-17-15-46/h1-14,21H,15-20,22,46H2,(H,47,50). The fourth-order valence-corrected chi connectivity index (χ4v) is 5.89. The van der Waals surface area contributed by atoms with Crippen molar-refractivity contribution in [3.8, 4) is 33.9 Å². The Hall–Kier alpha value is -4.02. The third-order valence-corrected chi connectivity index (χ3v) is 8.88. The van der Waals surface area contributed by atoms with Crippen LogP contribution in [0.5, 0.6) is 0 Å². The van der Waals surface area contributed by atoms with Crippen LogP contribution in [0.2, 0.25) is 0 Å². The lowest BCUT2D eigenvalue weighted by atomic mass is 10.0. The maximum Gasteiger partial charge on any atom is 0.417 e. The number of halogens is 8. The number of ether oxygens (including phenoxy) is 2. The van der Waals surface area contributed by atoms with E-state index in [-0.39, 0.29) is 37.5 Å². The molecule has 0 saturated heterocycles. The van der Waals surface area contributed by atoms with Gasteiger partial charge in [0.2, 0.25) is 0 Å². The second-order valence-corrected chi connectivity index (χ2v) is 13.3. The van der Waals surface area contributed by atoms with Crippen molar-refractivity contribution >= 4 is 37.8 Å². The van der Waals surface area contributed by atoms with Gasteiger partial charge in [0.05, 0.1) is 48.9 Å². The van der Waals surface area contributed by atoms with Crippen LogP contribution in [-0.4, -0.2) is 55.0 Å². The van der Waals surface area contributed by atoms with Crippen LogP contribution in [0.3, 0.4) is 0 Å². The van der Waals surface area contributed by atoms with E-state index in [4.69, 9.17) is 20.2 Å². The number of rotatable bonds is 14. The maximum absolute atomic E-state index is 14.5. The highest BCUT2D eigenvalue weighted by Gasteiger charge is 2.39. The zero-order valence-corrected chi connectivity index (χ0v) is 30.5. The Kier molecular flexibility index (Phi) is 13.0. The molecule has 0 fully saturated rings. The molecular weight excluding hydrogens is 822 g/mol. The van der Waals surface area contributed by atoms with E-state index in [2.05, 4.69) is 37.2 Å². The quantitative estimate of drug-likeness (QED) is 0.0860. The van der Waals surface area contributed by atoms with E-state index in [0.717, 1.165) is 15.0 Å². The summed E-state index contributed by atoms with van der Waals surface area (Å²) in [4.78, 5) is 17.5. The van der Waals surface area contributed by atoms with Gasteiger partial charge in [0.25, 0.3) is 5.91 Å². The summed E-state index contributed by atoms with van der Waals surface area (Å²) in [7, 11) is 0. The molecule has 0 bridgehead atoms. The van der Waals surface area contributed by atoms with Crippen LogP contribution in [0, 0.1) is 0 Å². The molecule has 274 valence electrons. The molecule has 0 saturated carbocycles. The SMILES string of the molecule is NCCOCCOCCNC(=O)c1ccc(Cn2c(-c3ccc(C(F)(F)F)cc3C(F)(F)F)nc(-c3ccc(Br)cc3)c2-c2ccc(Br)cc2)cc1. The van der Waals surface area contributed by atoms with Crippen LogP contribution >= 0.6 is 31.9 Å². The topological polar surface area (TPSA) is 91.4 Å². The van der Waals surface area contributed by atoms with Gasteiger partial charge in [-0.25, -0.2) is 4.98 Å². The summed E-state index contributed by atoms with van der Waals surface area (Å²) in [6, 6.07) is 22.1. The summed E-state index contributed by atoms with van der Waals surface area (Å²) in [6.45, 7) is 2.06. The zero-order chi connectivity index (χ0) is 37.5. The third-order valence-electron chi connectivity index (χ3n) is 7.82. The number of alkyl halides is 6. The lowest BCUT2D eigenvalue weighted by Crippen LogP contribution is -2.27. The van der Waals surface area contributed by atoms with Crippen molar-refractivity contribution < 1.29 is 40.6 Å². The summed E-state index contributed by atoms with van der Waals surface area (Å²) >= 11 is 6.82. The molecule has 0 aliphatic heterocycles. The minimum atomic E-state index is -5.14. The van der Waals surface area contributed by atoms with Crippen molar-refractivity contribution in [3.63, 3.8) is 0 Å². The number of carbonyl (C=O) groups excluding carboxylic acids is 1. The minimum Gasteiger partial charge on any atom is -0.378 e. The first kappa shape index (κ1) is 39.2. The van der Waals surface area contributed by atoms with Crippen LogP contribution in [0.25, 0.3) is 33.9 Å². The van der Waals surface area contributed by atoms with Crippen LogP contribution in [0.1, 0.15) is 27.0 Å². The predicted molar refractivity (Wildman–Crippen MR) is 193 cm³/mol. The predicted octanol–water partition coefficient (Wildman–Crippen LogP) is 9.22. The molecule has 15 heteroatoms. The van der Waals surface area contributed by atoms with E-state index in [1.807, 2.05) is 0 Å². The normalized spacial score (nSPS) is 11.9. The Labute approximate surface area is 312 Å². The molecule has 0 spiro atoms. The van der Waals surface area contributed by atoms with Gasteiger partial charge in [0.1, 0.15) is 5.82 Å². The van der Waals surface area contributed by atoms with E-state index in [9.17, 15) is 31.1 Å². The molecule has 1 heterocycles. The van der Waals surface area contributed by atoms with E-state index >= 15 is 0 Å². The highest BCUT2D eigenvalue weighted by Crippen LogP contribution is 2.44. The fourth-order valence-electron chi connectivity index (χ4n) is 5.36. The Balaban J connectivity index is 1.56. The smallest absolute Gasteiger partial charge is 0.378 e. The fraction of sp³-hybridized carbons (Fsp3) is 0.243. The minimum absolute atomic E-state index is 0.0372. The number of carbonyl (C=O) groups is 1. The van der Waals surface area contributed by atoms with Gasteiger partial charge in [-0.3, -0.25) is 4.79 Å². The number of hydrogen-bond donors (Lipinski definition) is 2. The second kappa shape index (κ2) is 17.2. The van der Waals surface area contributed by atoms with Crippen molar-refractivity contribution in [3.05, 3.63) is 122 Å². The van der Waals surface area contributed by atoms with Gasteiger partial charge >= 0.3 is 12.4 Å². The summed E-state index contributed by atoms with van der Waals surface area (Å²) in [5, 5.41) is 2.76. The average Bonchev–Trinajstić information content (AvgIpc) is 3.47. The number of nitrogens with two attached hydrogens (primary N) is 1. The van der Waals surface area contributed by atoms with Crippen LogP contribution in [0.4, 0.5) is 26.3 Å². The van der Waals surface area contributed by atoms with Crippen LogP contribution < -0.4 is 11.1 Å². The molecule has 1 amide bonds. The number of benzene rings is 4. The van der Waals surface area contributed by atoms with E-state index in [1.165, 1.54) is 0 Å². The van der Waals surface area contributed by atoms with Gasteiger partial charge in [-0.2, -0.15) is 26.3 Å². The van der Waals surface area contributed by atoms with Gasteiger partial charge in [-0.1, -0.05) is 74.3 Å². The summed E-state index contributed by atoms with van der Waals surface area (Å²) in [6.07, 6.45) is -10.1. The Bertz CT molecular complexity index is 1960. The number of hydrogen-bond acceptors (Lipinski definition) is 5. The van der Waals surface area contributed by atoms with E-state index < -0.39 is 29.0 Å². The van der Waals surface area contributed by atoms with Gasteiger partial charge in [0, 0.05) is 50.8 Å². The van der Waals surface area contributed by atoms with Crippen molar-refractivity contribution in [2.24, 2.45) is 5.73 Å². The molecule has 0 atom stereocenters. The zero-order valence-electron chi connectivity index (χ0n) is 27.3. The number of imidazole rings is 1. The molecule has 5 aromatic rings. The molecule has 52 heavy (non-hydrogen) atoms. The first-order valence-electron chi connectivity index (χ1n) is 15.9. The van der Waals surface area contributed by atoms with Crippen molar-refractivity contribution in [2.45, 2.75) is 18.9 Å². The van der Waals surface area contributed by atoms with E-state index in [1.54, 1.807) is 77.4 Å². The molecule has 0 aliphatic rings. The number of nitrogens with zero attached hydrogens (tertiary/aromatic N) is 2. The van der Waals surface area contributed by atoms with Gasteiger partial charge < -0.3 is 25.1 Å². The Morgan fingerprint density at radius 1 is 0.750 bits per heavy atom. The second-order valence-electron chi connectivity index (χ2n) is 11.5. The highest BCUT2D eigenvalue weighted by molar-refractivity contribution is 9.10. The molecule has 3 N–H and O–H groups in total. The van der Waals surface area contributed by atoms with E-state index in [0.29, 0.717) is 66.1 Å².